The number of hydrogen-bond acceptors (Lipinski definition) is 5. The van der Waals surface area contributed by atoms with Crippen molar-refractivity contribution in [1.82, 2.24) is 4.31 Å². The maximum absolute atomic E-state index is 13.7. The van der Waals surface area contributed by atoms with Crippen LogP contribution in [0.25, 0.3) is 0 Å². The number of rotatable bonds is 5. The Morgan fingerprint density at radius 1 is 0.879 bits per heavy atom. The maximum atomic E-state index is 13.7. The third-order valence-corrected chi connectivity index (χ3v) is 8.54. The number of amides is 1. The number of benzene rings is 2. The summed E-state index contributed by atoms with van der Waals surface area (Å²) in [5.41, 5.74) is 3.31. The Morgan fingerprint density at radius 3 is 2.21 bits per heavy atom. The molecule has 8 heteroatoms. The molecule has 1 saturated heterocycles. The van der Waals surface area contributed by atoms with Crippen molar-refractivity contribution in [2.75, 3.05) is 38.8 Å². The molecule has 0 aliphatic carbocycles. The number of nitrogens with zero attached hydrogens (tertiary/aromatic N) is 2. The molecule has 0 N–H and O–H groups in total. The molecule has 0 bridgehead atoms. The van der Waals surface area contributed by atoms with Gasteiger partial charge in [-0.15, -0.1) is 0 Å². The van der Waals surface area contributed by atoms with Gasteiger partial charge < -0.3 is 14.4 Å². The zero-order valence-electron chi connectivity index (χ0n) is 19.6. The highest BCUT2D eigenvalue weighted by Crippen LogP contribution is 2.39. The first-order valence-electron chi connectivity index (χ1n) is 11.5. The fraction of sp³-hybridized carbons (Fsp3) is 0.480. The van der Waals surface area contributed by atoms with Crippen molar-refractivity contribution >= 4 is 21.6 Å². The Hall–Kier alpha value is -2.58. The predicted molar refractivity (Wildman–Crippen MR) is 128 cm³/mol. The second-order valence-electron chi connectivity index (χ2n) is 8.66. The van der Waals surface area contributed by atoms with E-state index in [1.165, 1.54) is 17.5 Å². The zero-order chi connectivity index (χ0) is 23.6. The van der Waals surface area contributed by atoms with Crippen molar-refractivity contribution in [3.63, 3.8) is 0 Å². The second-order valence-corrected chi connectivity index (χ2v) is 10.6. The van der Waals surface area contributed by atoms with Crippen LogP contribution in [0, 0.1) is 6.92 Å². The quantitative estimate of drug-likeness (QED) is 0.653. The van der Waals surface area contributed by atoms with Crippen LogP contribution < -0.4 is 14.4 Å². The van der Waals surface area contributed by atoms with Gasteiger partial charge in [0.2, 0.25) is 10.0 Å². The van der Waals surface area contributed by atoms with Crippen LogP contribution in [0.4, 0.5) is 5.69 Å². The minimum atomic E-state index is -3.78. The Morgan fingerprint density at radius 2 is 1.55 bits per heavy atom. The molecule has 33 heavy (non-hydrogen) atoms. The summed E-state index contributed by atoms with van der Waals surface area (Å²) in [6.45, 7) is 3.55. The van der Waals surface area contributed by atoms with E-state index >= 15 is 0 Å². The van der Waals surface area contributed by atoms with Crippen LogP contribution in [0.15, 0.2) is 35.2 Å². The molecule has 7 nitrogen and oxygen atoms in total. The number of carbonyl (C=O) groups excluding carboxylic acids is 1. The largest absolute Gasteiger partial charge is 0.495 e. The SMILES string of the molecule is COc1ccc(C(=O)N2CCCc3c(C)ccc(OC)c32)cc1S(=O)(=O)N1CCCCCC1. The summed E-state index contributed by atoms with van der Waals surface area (Å²) in [5.74, 6) is 0.660. The summed E-state index contributed by atoms with van der Waals surface area (Å²) in [7, 11) is -0.732. The first kappa shape index (κ1) is 23.6. The van der Waals surface area contributed by atoms with Crippen LogP contribution in [0.3, 0.4) is 0 Å². The van der Waals surface area contributed by atoms with Gasteiger partial charge in [-0.05, 0) is 68.0 Å². The summed E-state index contributed by atoms with van der Waals surface area (Å²) in [6.07, 6.45) is 5.43. The number of sulfonamides is 1. The molecule has 178 valence electrons. The van der Waals surface area contributed by atoms with E-state index in [0.717, 1.165) is 55.3 Å². The smallest absolute Gasteiger partial charge is 0.258 e. The van der Waals surface area contributed by atoms with E-state index in [2.05, 4.69) is 0 Å². The molecule has 1 fully saturated rings. The van der Waals surface area contributed by atoms with E-state index in [1.54, 1.807) is 24.1 Å². The van der Waals surface area contributed by atoms with Gasteiger partial charge in [0.05, 0.1) is 19.9 Å². The van der Waals surface area contributed by atoms with E-state index in [-0.39, 0.29) is 16.6 Å². The van der Waals surface area contributed by atoms with E-state index in [4.69, 9.17) is 9.47 Å². The summed E-state index contributed by atoms with van der Waals surface area (Å²) in [4.78, 5) is 15.4. The summed E-state index contributed by atoms with van der Waals surface area (Å²) < 4.78 is 39.5. The van der Waals surface area contributed by atoms with E-state index in [0.29, 0.717) is 30.9 Å². The first-order valence-corrected chi connectivity index (χ1v) is 13.0. The third kappa shape index (κ3) is 4.46. The predicted octanol–water partition coefficient (Wildman–Crippen LogP) is 4.17. The molecule has 2 heterocycles. The maximum Gasteiger partial charge on any atom is 0.258 e. The molecule has 2 aliphatic rings. The lowest BCUT2D eigenvalue weighted by Crippen LogP contribution is -2.36. The lowest BCUT2D eigenvalue weighted by Gasteiger charge is -2.32. The minimum Gasteiger partial charge on any atom is -0.495 e. The fourth-order valence-corrected chi connectivity index (χ4v) is 6.51. The number of aryl methyl sites for hydroxylation is 1. The molecule has 0 aromatic heterocycles. The molecule has 0 unspecified atom stereocenters. The van der Waals surface area contributed by atoms with Crippen LogP contribution in [0.2, 0.25) is 0 Å². The molecule has 4 rings (SSSR count). The number of methoxy groups -OCH3 is 2. The van der Waals surface area contributed by atoms with Crippen LogP contribution in [-0.4, -0.2) is 52.5 Å². The molecule has 1 amide bonds. The minimum absolute atomic E-state index is 0.0474. The average Bonchev–Trinajstić information content (AvgIpc) is 3.13. The van der Waals surface area contributed by atoms with Gasteiger partial charge in [0.1, 0.15) is 16.4 Å². The summed E-state index contributed by atoms with van der Waals surface area (Å²) in [5, 5.41) is 0. The molecule has 2 aromatic rings. The number of hydrogen-bond donors (Lipinski definition) is 0. The van der Waals surface area contributed by atoms with Gasteiger partial charge >= 0.3 is 0 Å². The van der Waals surface area contributed by atoms with Gasteiger partial charge in [-0.1, -0.05) is 18.9 Å². The fourth-order valence-electron chi connectivity index (χ4n) is 4.81. The highest BCUT2D eigenvalue weighted by molar-refractivity contribution is 7.89. The van der Waals surface area contributed by atoms with Crippen molar-refractivity contribution in [2.24, 2.45) is 0 Å². The zero-order valence-corrected chi connectivity index (χ0v) is 20.4. The van der Waals surface area contributed by atoms with Gasteiger partial charge in [-0.25, -0.2) is 8.42 Å². The number of ether oxygens (including phenoxy) is 2. The molecule has 2 aromatic carbocycles. The van der Waals surface area contributed by atoms with Crippen molar-refractivity contribution < 1.29 is 22.7 Å². The Bertz CT molecular complexity index is 1140. The monoisotopic (exact) mass is 472 g/mol. The summed E-state index contributed by atoms with van der Waals surface area (Å²) in [6, 6.07) is 8.57. The molecule has 0 atom stereocenters. The molecule has 0 radical (unpaired) electrons. The Labute approximate surface area is 196 Å². The van der Waals surface area contributed by atoms with E-state index in [1.807, 2.05) is 19.1 Å². The van der Waals surface area contributed by atoms with Crippen molar-refractivity contribution in [1.29, 1.82) is 0 Å². The lowest BCUT2D eigenvalue weighted by atomic mass is 9.95. The van der Waals surface area contributed by atoms with Crippen molar-refractivity contribution in [3.8, 4) is 11.5 Å². The number of anilines is 1. The lowest BCUT2D eigenvalue weighted by molar-refractivity contribution is 0.0984. The molecular weight excluding hydrogens is 440 g/mol. The third-order valence-electron chi connectivity index (χ3n) is 6.62. The second kappa shape index (κ2) is 9.73. The average molecular weight is 473 g/mol. The first-order chi connectivity index (χ1) is 15.9. The molecule has 0 saturated carbocycles. The number of carbonyl (C=O) groups is 1. The molecular formula is C25H32N2O5S. The van der Waals surface area contributed by atoms with Crippen molar-refractivity contribution in [2.45, 2.75) is 50.3 Å². The highest BCUT2D eigenvalue weighted by atomic mass is 32.2. The Balaban J connectivity index is 1.75. The summed E-state index contributed by atoms with van der Waals surface area (Å²) >= 11 is 0. The van der Waals surface area contributed by atoms with Gasteiger partial charge in [0.15, 0.2) is 0 Å². The normalized spacial score (nSPS) is 17.2. The van der Waals surface area contributed by atoms with Crippen LogP contribution in [0.1, 0.15) is 53.6 Å². The highest BCUT2D eigenvalue weighted by Gasteiger charge is 2.32. The standard InChI is InChI=1S/C25H32N2O5S/c1-18-10-12-22(32-3)24-20(18)9-8-16-27(24)25(28)19-11-13-21(31-2)23(17-19)33(29,30)26-14-6-4-5-7-15-26/h10-13,17H,4-9,14-16H2,1-3H3. The van der Waals surface area contributed by atoms with Crippen LogP contribution in [-0.2, 0) is 16.4 Å². The molecule has 0 spiro atoms. The Kier molecular flexibility index (Phi) is 6.95. The van der Waals surface area contributed by atoms with Crippen molar-refractivity contribution in [3.05, 3.63) is 47.0 Å². The van der Waals surface area contributed by atoms with Gasteiger partial charge in [0, 0.05) is 25.2 Å². The van der Waals surface area contributed by atoms with Crippen LogP contribution in [0.5, 0.6) is 11.5 Å². The van der Waals surface area contributed by atoms with E-state index < -0.39 is 10.0 Å². The van der Waals surface area contributed by atoms with Gasteiger partial charge in [-0.2, -0.15) is 4.31 Å². The number of fused-ring (bicyclic) bond motifs is 1. The van der Waals surface area contributed by atoms with Gasteiger partial charge in [-0.3, -0.25) is 4.79 Å². The van der Waals surface area contributed by atoms with E-state index in [9.17, 15) is 13.2 Å². The molecule has 2 aliphatic heterocycles. The topological polar surface area (TPSA) is 76.1 Å². The van der Waals surface area contributed by atoms with Crippen LogP contribution >= 0.6 is 0 Å². The van der Waals surface area contributed by atoms with Gasteiger partial charge in [0.25, 0.3) is 5.91 Å².